The van der Waals surface area contributed by atoms with Gasteiger partial charge in [-0.15, -0.1) is 0 Å². The Morgan fingerprint density at radius 3 is 2.83 bits per heavy atom. The molecule has 0 spiro atoms. The average molecular weight is 313 g/mol. The van der Waals surface area contributed by atoms with Gasteiger partial charge in [0.15, 0.2) is 0 Å². The average Bonchev–Trinajstić information content (AvgIpc) is 2.55. The summed E-state index contributed by atoms with van der Waals surface area (Å²) in [6, 6.07) is 4.30. The number of nitrogens with zero attached hydrogens (tertiary/aromatic N) is 3. The lowest BCUT2D eigenvalue weighted by molar-refractivity contribution is -0.382. The van der Waals surface area contributed by atoms with Gasteiger partial charge >= 0.3 is 0 Å². The van der Waals surface area contributed by atoms with E-state index in [4.69, 9.17) is 5.84 Å². The fourth-order valence-electron chi connectivity index (χ4n) is 2.59. The number of amides is 1. The number of nitro benzene ring substituents is 1. The maximum absolute atomic E-state index is 12.5. The molecule has 3 aromatic rings. The standard InChI is InChI=1S/C14H11N5O4/c1-18-6-9(14(21)17-15)13(20)8-5-10(19(22)23)7-3-2-4-16-11(7)12(8)18/h2-6H,15H2,1H3,(H,17,21). The predicted octanol–water partition coefficient (Wildman–Crippen LogP) is 0.598. The third-order valence-corrected chi connectivity index (χ3v) is 3.58. The molecule has 0 unspecified atom stereocenters. The van der Waals surface area contributed by atoms with E-state index in [0.717, 1.165) is 6.07 Å². The van der Waals surface area contributed by atoms with Crippen LogP contribution in [-0.4, -0.2) is 20.4 Å². The lowest BCUT2D eigenvalue weighted by atomic mass is 10.1. The van der Waals surface area contributed by atoms with Crippen LogP contribution in [0.1, 0.15) is 10.4 Å². The second-order valence-electron chi connectivity index (χ2n) is 4.90. The van der Waals surface area contributed by atoms with Gasteiger partial charge in [-0.25, -0.2) is 5.84 Å². The second kappa shape index (κ2) is 5.14. The van der Waals surface area contributed by atoms with E-state index in [1.807, 2.05) is 5.43 Å². The summed E-state index contributed by atoms with van der Waals surface area (Å²) >= 11 is 0. The van der Waals surface area contributed by atoms with Crippen LogP contribution in [0.25, 0.3) is 21.8 Å². The summed E-state index contributed by atoms with van der Waals surface area (Å²) in [6.07, 6.45) is 2.81. The highest BCUT2D eigenvalue weighted by Crippen LogP contribution is 2.30. The number of rotatable bonds is 2. The van der Waals surface area contributed by atoms with Gasteiger partial charge in [0.2, 0.25) is 5.43 Å². The molecule has 0 saturated carbocycles. The largest absolute Gasteiger partial charge is 0.348 e. The zero-order chi connectivity index (χ0) is 16.7. The molecule has 2 heterocycles. The highest BCUT2D eigenvalue weighted by molar-refractivity contribution is 6.09. The third-order valence-electron chi connectivity index (χ3n) is 3.58. The van der Waals surface area contributed by atoms with Crippen molar-refractivity contribution in [2.75, 3.05) is 0 Å². The summed E-state index contributed by atoms with van der Waals surface area (Å²) in [6.45, 7) is 0. The maximum atomic E-state index is 12.5. The summed E-state index contributed by atoms with van der Waals surface area (Å²) in [4.78, 5) is 39.1. The third kappa shape index (κ3) is 2.10. The number of nitrogens with one attached hydrogen (secondary N) is 1. The molecule has 3 N–H and O–H groups in total. The first kappa shape index (κ1) is 14.6. The Bertz CT molecular complexity index is 1040. The number of hydrogen-bond donors (Lipinski definition) is 2. The van der Waals surface area contributed by atoms with Crippen LogP contribution in [-0.2, 0) is 7.05 Å². The molecule has 23 heavy (non-hydrogen) atoms. The first-order valence-electron chi connectivity index (χ1n) is 6.52. The predicted molar refractivity (Wildman–Crippen MR) is 82.8 cm³/mol. The van der Waals surface area contributed by atoms with Crippen molar-refractivity contribution < 1.29 is 9.72 Å². The molecular formula is C14H11N5O4. The van der Waals surface area contributed by atoms with Gasteiger partial charge < -0.3 is 4.57 Å². The summed E-state index contributed by atoms with van der Waals surface area (Å²) < 4.78 is 1.53. The first-order chi connectivity index (χ1) is 11.0. The Balaban J connectivity index is 2.59. The van der Waals surface area contributed by atoms with E-state index in [9.17, 15) is 19.7 Å². The Hall–Kier alpha value is -3.33. The van der Waals surface area contributed by atoms with E-state index in [1.165, 1.54) is 17.0 Å². The maximum Gasteiger partial charge on any atom is 0.279 e. The number of nitrogen functional groups attached to an aromatic ring is 1. The zero-order valence-electron chi connectivity index (χ0n) is 11.9. The topological polar surface area (TPSA) is 133 Å². The molecule has 116 valence electrons. The van der Waals surface area contributed by atoms with Crippen molar-refractivity contribution in [2.24, 2.45) is 12.9 Å². The van der Waals surface area contributed by atoms with Crippen LogP contribution in [0.15, 0.2) is 35.4 Å². The molecule has 9 nitrogen and oxygen atoms in total. The van der Waals surface area contributed by atoms with E-state index in [1.54, 1.807) is 19.2 Å². The van der Waals surface area contributed by atoms with Crippen molar-refractivity contribution in [3.63, 3.8) is 0 Å². The Labute approximate surface area is 128 Å². The fraction of sp³-hybridized carbons (Fsp3) is 0.0714. The van der Waals surface area contributed by atoms with Crippen molar-refractivity contribution >= 4 is 33.4 Å². The molecule has 2 aromatic heterocycles. The second-order valence-corrected chi connectivity index (χ2v) is 4.90. The van der Waals surface area contributed by atoms with Crippen LogP contribution in [0, 0.1) is 10.1 Å². The minimum absolute atomic E-state index is 0.0338. The SMILES string of the molecule is Cn1cc(C(=O)NN)c(=O)c2cc([N+](=O)[O-])c3cccnc3c21. The van der Waals surface area contributed by atoms with Crippen LogP contribution in [0.4, 0.5) is 5.69 Å². The molecule has 0 radical (unpaired) electrons. The van der Waals surface area contributed by atoms with Gasteiger partial charge in [0, 0.05) is 25.5 Å². The fourth-order valence-corrected chi connectivity index (χ4v) is 2.59. The van der Waals surface area contributed by atoms with Gasteiger partial charge in [-0.05, 0) is 12.1 Å². The van der Waals surface area contributed by atoms with Crippen LogP contribution < -0.4 is 16.7 Å². The minimum Gasteiger partial charge on any atom is -0.348 e. The molecule has 1 amide bonds. The van der Waals surface area contributed by atoms with Gasteiger partial charge in [0.05, 0.1) is 21.2 Å². The van der Waals surface area contributed by atoms with Gasteiger partial charge in [-0.2, -0.15) is 0 Å². The number of nitro groups is 1. The number of carbonyl (C=O) groups is 1. The molecule has 0 aliphatic carbocycles. The zero-order valence-corrected chi connectivity index (χ0v) is 11.9. The molecule has 0 aliphatic rings. The molecule has 0 saturated heterocycles. The van der Waals surface area contributed by atoms with Crippen LogP contribution in [0.2, 0.25) is 0 Å². The number of aromatic nitrogens is 2. The molecular weight excluding hydrogens is 302 g/mol. The van der Waals surface area contributed by atoms with Crippen molar-refractivity contribution in [3.05, 3.63) is 56.5 Å². The summed E-state index contributed by atoms with van der Waals surface area (Å²) in [7, 11) is 1.62. The molecule has 0 bridgehead atoms. The molecule has 0 fully saturated rings. The number of nitrogens with two attached hydrogens (primary N) is 1. The summed E-state index contributed by atoms with van der Waals surface area (Å²) in [5.74, 6) is 4.30. The monoisotopic (exact) mass is 313 g/mol. The number of hydrogen-bond acceptors (Lipinski definition) is 6. The number of hydrazine groups is 1. The van der Waals surface area contributed by atoms with Crippen LogP contribution >= 0.6 is 0 Å². The van der Waals surface area contributed by atoms with E-state index in [2.05, 4.69) is 4.98 Å². The number of pyridine rings is 2. The number of carbonyl (C=O) groups excluding carboxylic acids is 1. The van der Waals surface area contributed by atoms with Crippen LogP contribution in [0.5, 0.6) is 0 Å². The van der Waals surface area contributed by atoms with Crippen molar-refractivity contribution in [3.8, 4) is 0 Å². The van der Waals surface area contributed by atoms with Crippen molar-refractivity contribution in [2.45, 2.75) is 0 Å². The Kier molecular flexibility index (Phi) is 3.26. The quantitative estimate of drug-likeness (QED) is 0.234. The normalized spacial score (nSPS) is 10.9. The lowest BCUT2D eigenvalue weighted by Gasteiger charge is -2.10. The van der Waals surface area contributed by atoms with Crippen LogP contribution in [0.3, 0.4) is 0 Å². The molecule has 3 rings (SSSR count). The van der Waals surface area contributed by atoms with E-state index < -0.39 is 16.3 Å². The minimum atomic E-state index is -0.767. The highest BCUT2D eigenvalue weighted by atomic mass is 16.6. The van der Waals surface area contributed by atoms with Gasteiger partial charge in [0.25, 0.3) is 11.6 Å². The molecule has 0 atom stereocenters. The Morgan fingerprint density at radius 1 is 1.43 bits per heavy atom. The number of benzene rings is 1. The molecule has 9 heteroatoms. The number of aryl methyl sites for hydroxylation is 1. The highest BCUT2D eigenvalue weighted by Gasteiger charge is 2.21. The van der Waals surface area contributed by atoms with E-state index >= 15 is 0 Å². The lowest BCUT2D eigenvalue weighted by Crippen LogP contribution is -2.34. The first-order valence-corrected chi connectivity index (χ1v) is 6.52. The smallest absolute Gasteiger partial charge is 0.279 e. The van der Waals surface area contributed by atoms with Gasteiger partial charge in [0.1, 0.15) is 11.1 Å². The van der Waals surface area contributed by atoms with Crippen molar-refractivity contribution in [1.29, 1.82) is 0 Å². The molecule has 1 aromatic carbocycles. The van der Waals surface area contributed by atoms with E-state index in [0.29, 0.717) is 16.4 Å². The number of non-ortho nitro benzene ring substituents is 1. The Morgan fingerprint density at radius 2 is 2.17 bits per heavy atom. The molecule has 0 aliphatic heterocycles. The number of fused-ring (bicyclic) bond motifs is 3. The van der Waals surface area contributed by atoms with Crippen molar-refractivity contribution in [1.82, 2.24) is 15.0 Å². The van der Waals surface area contributed by atoms with E-state index in [-0.39, 0.29) is 16.6 Å². The summed E-state index contributed by atoms with van der Waals surface area (Å²) in [5.41, 5.74) is 1.52. The summed E-state index contributed by atoms with van der Waals surface area (Å²) in [5, 5.41) is 11.6. The van der Waals surface area contributed by atoms with Gasteiger partial charge in [-0.1, -0.05) is 0 Å². The van der Waals surface area contributed by atoms with Gasteiger partial charge in [-0.3, -0.25) is 30.1 Å².